The third-order valence-electron chi connectivity index (χ3n) is 5.47. The van der Waals surface area contributed by atoms with Gasteiger partial charge in [0.15, 0.2) is 0 Å². The summed E-state index contributed by atoms with van der Waals surface area (Å²) < 4.78 is 16.4. The Morgan fingerprint density at radius 1 is 0.917 bits per heavy atom. The molecule has 1 aliphatic carbocycles. The lowest BCUT2D eigenvalue weighted by Gasteiger charge is -2.22. The number of fused-ring (bicyclic) bond motifs is 1. The first kappa shape index (κ1) is 26.9. The Labute approximate surface area is 213 Å². The summed E-state index contributed by atoms with van der Waals surface area (Å²) in [7, 11) is 0. The van der Waals surface area contributed by atoms with E-state index in [1.54, 1.807) is 0 Å². The van der Waals surface area contributed by atoms with Crippen LogP contribution in [0.1, 0.15) is 62.3 Å². The monoisotopic (exact) mass is 492 g/mol. The third-order valence-corrected chi connectivity index (χ3v) is 5.47. The summed E-state index contributed by atoms with van der Waals surface area (Å²) in [4.78, 5) is 23.6. The number of nitrogens with one attached hydrogen (secondary N) is 2. The van der Waals surface area contributed by atoms with Crippen molar-refractivity contribution in [2.75, 3.05) is 19.7 Å². The Hall–Kier alpha value is -3.66. The van der Waals surface area contributed by atoms with Gasteiger partial charge in [-0.1, -0.05) is 42.2 Å². The summed E-state index contributed by atoms with van der Waals surface area (Å²) in [6.07, 6.45) is 3.80. The van der Waals surface area contributed by atoms with Crippen LogP contribution < -0.4 is 15.4 Å². The van der Waals surface area contributed by atoms with E-state index in [0.29, 0.717) is 26.1 Å². The van der Waals surface area contributed by atoms with Gasteiger partial charge in [-0.25, -0.2) is 9.59 Å². The molecule has 7 heteroatoms. The van der Waals surface area contributed by atoms with E-state index in [9.17, 15) is 9.59 Å². The molecule has 0 fully saturated rings. The van der Waals surface area contributed by atoms with E-state index in [0.717, 1.165) is 42.6 Å². The van der Waals surface area contributed by atoms with Crippen molar-refractivity contribution in [1.82, 2.24) is 10.6 Å². The number of carbonyl (C=O) groups is 2. The van der Waals surface area contributed by atoms with Gasteiger partial charge in [0.25, 0.3) is 0 Å². The molecule has 2 amide bonds. The molecule has 0 spiro atoms. The number of benzene rings is 2. The summed E-state index contributed by atoms with van der Waals surface area (Å²) in [6.45, 7) is 6.89. The quantitative estimate of drug-likeness (QED) is 0.394. The zero-order chi connectivity index (χ0) is 25.8. The average Bonchev–Trinajstić information content (AvgIpc) is 2.85. The Balaban J connectivity index is 1.46. The minimum Gasteiger partial charge on any atom is -0.491 e. The van der Waals surface area contributed by atoms with Crippen LogP contribution in [0.25, 0.3) is 0 Å². The van der Waals surface area contributed by atoms with E-state index in [4.69, 9.17) is 14.2 Å². The van der Waals surface area contributed by atoms with Crippen LogP contribution in [0, 0.1) is 11.8 Å². The molecule has 192 valence electrons. The zero-order valence-corrected chi connectivity index (χ0v) is 21.4. The third kappa shape index (κ3) is 9.18. The maximum absolute atomic E-state index is 11.9. The van der Waals surface area contributed by atoms with Gasteiger partial charge in [-0.05, 0) is 75.3 Å². The largest absolute Gasteiger partial charge is 0.491 e. The molecule has 2 N–H and O–H groups in total. The molecule has 0 unspecified atom stereocenters. The molecule has 7 nitrogen and oxygen atoms in total. The maximum atomic E-state index is 11.9. The molecule has 2 aromatic rings. The van der Waals surface area contributed by atoms with Crippen LogP contribution in [-0.4, -0.2) is 37.5 Å². The van der Waals surface area contributed by atoms with Crippen LogP contribution in [0.3, 0.4) is 0 Å². The van der Waals surface area contributed by atoms with Crippen LogP contribution in [0.2, 0.25) is 0 Å². The highest BCUT2D eigenvalue weighted by molar-refractivity contribution is 5.67. The Bertz CT molecular complexity index is 1080. The predicted octanol–water partition coefficient (Wildman–Crippen LogP) is 5.14. The van der Waals surface area contributed by atoms with Crippen molar-refractivity contribution >= 4 is 12.2 Å². The van der Waals surface area contributed by atoms with E-state index in [1.807, 2.05) is 63.2 Å². The molecule has 0 heterocycles. The van der Waals surface area contributed by atoms with Crippen molar-refractivity contribution in [2.45, 2.75) is 65.1 Å². The van der Waals surface area contributed by atoms with Crippen LogP contribution in [0.15, 0.2) is 42.5 Å². The van der Waals surface area contributed by atoms with Crippen molar-refractivity contribution < 1.29 is 23.8 Å². The van der Waals surface area contributed by atoms with E-state index in [2.05, 4.69) is 22.5 Å². The molecule has 0 saturated heterocycles. The summed E-state index contributed by atoms with van der Waals surface area (Å²) in [5.74, 6) is 7.28. The fraction of sp³-hybridized carbons (Fsp3) is 0.448. The number of hydrogen-bond donors (Lipinski definition) is 2. The van der Waals surface area contributed by atoms with Gasteiger partial charge in [-0.2, -0.15) is 0 Å². The van der Waals surface area contributed by atoms with Gasteiger partial charge in [0.05, 0.1) is 6.54 Å². The first-order valence-corrected chi connectivity index (χ1v) is 12.5. The molecule has 2 aromatic carbocycles. The number of carbonyl (C=O) groups excluding carboxylic acids is 2. The molecule has 0 saturated carbocycles. The average molecular weight is 493 g/mol. The van der Waals surface area contributed by atoms with Gasteiger partial charge < -0.3 is 24.8 Å². The molecular formula is C29H36N2O5. The van der Waals surface area contributed by atoms with Gasteiger partial charge in [0.1, 0.15) is 24.6 Å². The summed E-state index contributed by atoms with van der Waals surface area (Å²) in [5, 5.41) is 5.45. The second kappa shape index (κ2) is 13.4. The van der Waals surface area contributed by atoms with E-state index >= 15 is 0 Å². The summed E-state index contributed by atoms with van der Waals surface area (Å²) >= 11 is 0. The highest BCUT2D eigenvalue weighted by Gasteiger charge is 2.18. The van der Waals surface area contributed by atoms with Gasteiger partial charge in [-0.3, -0.25) is 0 Å². The fourth-order valence-corrected chi connectivity index (χ4v) is 3.87. The lowest BCUT2D eigenvalue weighted by atomic mass is 9.87. The van der Waals surface area contributed by atoms with Gasteiger partial charge in [0, 0.05) is 18.5 Å². The van der Waals surface area contributed by atoms with E-state index in [-0.39, 0.29) is 6.61 Å². The van der Waals surface area contributed by atoms with E-state index in [1.165, 1.54) is 11.1 Å². The fourth-order valence-electron chi connectivity index (χ4n) is 3.87. The van der Waals surface area contributed by atoms with Crippen molar-refractivity contribution in [3.63, 3.8) is 0 Å². The predicted molar refractivity (Wildman–Crippen MR) is 139 cm³/mol. The molecule has 0 aliphatic heterocycles. The number of hydrogen-bond acceptors (Lipinski definition) is 5. The minimum atomic E-state index is -0.525. The highest BCUT2D eigenvalue weighted by Crippen LogP contribution is 2.32. The maximum Gasteiger partial charge on any atom is 0.407 e. The van der Waals surface area contributed by atoms with Gasteiger partial charge in [-0.15, -0.1) is 0 Å². The molecule has 0 bridgehead atoms. The number of alkyl carbamates (subject to hydrolysis) is 2. The van der Waals surface area contributed by atoms with Crippen LogP contribution in [-0.2, 0) is 28.9 Å². The smallest absolute Gasteiger partial charge is 0.407 e. The normalized spacial score (nSPS) is 12.4. The molecular weight excluding hydrogens is 456 g/mol. The standard InChI is InChI=1S/C29H36N2O5/c1-29(2,3)36-28(33)31-19-20-34-26-17-16-23(24-14-7-8-15-25(24)26)13-9-10-18-30-27(32)35-21-22-11-5-4-6-12-22/h4-6,11-12,16-17H,7-8,10,14-15,18-21H2,1-3H3,(H,30,32)(H,31,33). The zero-order valence-electron chi connectivity index (χ0n) is 21.4. The molecule has 1 aliphatic rings. The summed E-state index contributed by atoms with van der Waals surface area (Å²) in [6, 6.07) is 13.5. The van der Waals surface area contributed by atoms with Gasteiger partial charge >= 0.3 is 12.2 Å². The van der Waals surface area contributed by atoms with Crippen LogP contribution in [0.5, 0.6) is 5.75 Å². The molecule has 36 heavy (non-hydrogen) atoms. The minimum absolute atomic E-state index is 0.246. The van der Waals surface area contributed by atoms with Crippen molar-refractivity contribution in [1.29, 1.82) is 0 Å². The molecule has 0 atom stereocenters. The highest BCUT2D eigenvalue weighted by atomic mass is 16.6. The SMILES string of the molecule is CC(C)(C)OC(=O)NCCOc1ccc(C#CCCNC(=O)OCc2ccccc2)c2c1CCCC2. The van der Waals surface area contributed by atoms with Crippen molar-refractivity contribution in [3.8, 4) is 17.6 Å². The van der Waals surface area contributed by atoms with E-state index < -0.39 is 17.8 Å². The Morgan fingerprint density at radius 2 is 1.64 bits per heavy atom. The van der Waals surface area contributed by atoms with Crippen molar-refractivity contribution in [3.05, 3.63) is 64.7 Å². The van der Waals surface area contributed by atoms with Crippen molar-refractivity contribution in [2.24, 2.45) is 0 Å². The Morgan fingerprint density at radius 3 is 2.39 bits per heavy atom. The number of ether oxygens (including phenoxy) is 3. The lowest BCUT2D eigenvalue weighted by molar-refractivity contribution is 0.0520. The molecule has 3 rings (SSSR count). The lowest BCUT2D eigenvalue weighted by Crippen LogP contribution is -2.34. The Kier molecular flexibility index (Phi) is 10.1. The second-order valence-corrected chi connectivity index (χ2v) is 9.59. The molecule has 0 radical (unpaired) electrons. The first-order chi connectivity index (χ1) is 17.3. The topological polar surface area (TPSA) is 85.9 Å². The van der Waals surface area contributed by atoms with Crippen LogP contribution in [0.4, 0.5) is 9.59 Å². The second-order valence-electron chi connectivity index (χ2n) is 9.59. The number of amides is 2. The molecule has 0 aromatic heterocycles. The van der Waals surface area contributed by atoms with Gasteiger partial charge in [0.2, 0.25) is 0 Å². The van der Waals surface area contributed by atoms with Crippen LogP contribution >= 0.6 is 0 Å². The summed E-state index contributed by atoms with van der Waals surface area (Å²) in [5.41, 5.74) is 3.87. The first-order valence-electron chi connectivity index (χ1n) is 12.5. The number of rotatable bonds is 8.